The number of rotatable bonds is 2. The molecule has 0 aliphatic heterocycles. The molecule has 1 aliphatic rings. The van der Waals surface area contributed by atoms with Gasteiger partial charge in [-0.05, 0) is 52.0 Å². The smallest absolute Gasteiger partial charge is 0.106 e. The zero-order valence-corrected chi connectivity index (χ0v) is 11.9. The predicted octanol–water partition coefficient (Wildman–Crippen LogP) is 4.49. The van der Waals surface area contributed by atoms with Gasteiger partial charge in [0, 0.05) is 5.56 Å². The molecular weight excluding hydrogens is 222 g/mol. The van der Waals surface area contributed by atoms with E-state index in [1.54, 1.807) is 0 Å². The monoisotopic (exact) mass is 247 g/mol. The van der Waals surface area contributed by atoms with Crippen molar-refractivity contribution in [3.05, 3.63) is 34.3 Å². The van der Waals surface area contributed by atoms with Gasteiger partial charge in [0.1, 0.15) is 11.5 Å². The number of hydrogen-bond acceptors (Lipinski definition) is 2. The molecule has 1 unspecified atom stereocenters. The lowest BCUT2D eigenvalue weighted by Crippen LogP contribution is -2.15. The van der Waals surface area contributed by atoms with E-state index in [1.165, 1.54) is 48.8 Å². The molecule has 0 amide bonds. The number of furan rings is 1. The van der Waals surface area contributed by atoms with E-state index in [9.17, 15) is 0 Å². The maximum Gasteiger partial charge on any atom is 0.106 e. The molecule has 2 heteroatoms. The van der Waals surface area contributed by atoms with Crippen LogP contribution in [0.5, 0.6) is 0 Å². The SMILES string of the molecule is Cc1oc(C)c(C(N)C2=CCCCCCC2)c1C. The summed E-state index contributed by atoms with van der Waals surface area (Å²) in [4.78, 5) is 0. The molecule has 0 saturated carbocycles. The quantitative estimate of drug-likeness (QED) is 0.782. The van der Waals surface area contributed by atoms with Crippen molar-refractivity contribution >= 4 is 0 Å². The molecule has 100 valence electrons. The first-order valence-corrected chi connectivity index (χ1v) is 7.12. The van der Waals surface area contributed by atoms with Crippen LogP contribution in [0.2, 0.25) is 0 Å². The van der Waals surface area contributed by atoms with Gasteiger partial charge in [0.15, 0.2) is 0 Å². The Morgan fingerprint density at radius 3 is 2.44 bits per heavy atom. The van der Waals surface area contributed by atoms with Crippen LogP contribution in [0.3, 0.4) is 0 Å². The van der Waals surface area contributed by atoms with Crippen molar-refractivity contribution in [2.45, 2.75) is 65.3 Å². The Morgan fingerprint density at radius 1 is 1.06 bits per heavy atom. The van der Waals surface area contributed by atoms with Crippen molar-refractivity contribution in [3.8, 4) is 0 Å². The normalized spacial score (nSPS) is 19.0. The molecule has 2 nitrogen and oxygen atoms in total. The van der Waals surface area contributed by atoms with Crippen LogP contribution in [0.1, 0.15) is 67.2 Å². The lowest BCUT2D eigenvalue weighted by Gasteiger charge is -2.19. The number of aryl methyl sites for hydroxylation is 2. The van der Waals surface area contributed by atoms with E-state index in [4.69, 9.17) is 10.2 Å². The Kier molecular flexibility index (Phi) is 4.28. The second kappa shape index (κ2) is 5.75. The molecule has 2 rings (SSSR count). The summed E-state index contributed by atoms with van der Waals surface area (Å²) < 4.78 is 5.71. The standard InChI is InChI=1S/C16H25NO/c1-11-12(2)18-13(3)15(11)16(17)14-9-7-5-4-6-8-10-14/h9,16H,4-8,10,17H2,1-3H3. The fourth-order valence-electron chi connectivity index (χ4n) is 2.95. The highest BCUT2D eigenvalue weighted by Crippen LogP contribution is 2.33. The van der Waals surface area contributed by atoms with Crippen molar-refractivity contribution in [2.24, 2.45) is 5.73 Å². The molecular formula is C16H25NO. The molecule has 0 fully saturated rings. The first-order valence-electron chi connectivity index (χ1n) is 7.12. The van der Waals surface area contributed by atoms with Crippen LogP contribution in [0, 0.1) is 20.8 Å². The molecule has 1 aromatic heterocycles. The van der Waals surface area contributed by atoms with Crippen molar-refractivity contribution in [2.75, 3.05) is 0 Å². The van der Waals surface area contributed by atoms with Crippen LogP contribution in [0.25, 0.3) is 0 Å². The first-order chi connectivity index (χ1) is 8.61. The van der Waals surface area contributed by atoms with E-state index < -0.39 is 0 Å². The van der Waals surface area contributed by atoms with Gasteiger partial charge in [-0.2, -0.15) is 0 Å². The highest BCUT2D eigenvalue weighted by Gasteiger charge is 2.21. The topological polar surface area (TPSA) is 39.2 Å². The zero-order valence-electron chi connectivity index (χ0n) is 11.9. The van der Waals surface area contributed by atoms with Gasteiger partial charge in [0.2, 0.25) is 0 Å². The van der Waals surface area contributed by atoms with Gasteiger partial charge in [-0.3, -0.25) is 0 Å². The first kappa shape index (κ1) is 13.4. The van der Waals surface area contributed by atoms with Crippen LogP contribution in [0.4, 0.5) is 0 Å². The highest BCUT2D eigenvalue weighted by molar-refractivity contribution is 5.38. The molecule has 1 heterocycles. The third kappa shape index (κ3) is 2.69. The van der Waals surface area contributed by atoms with E-state index in [2.05, 4.69) is 13.0 Å². The molecule has 0 spiro atoms. The van der Waals surface area contributed by atoms with E-state index in [1.807, 2.05) is 13.8 Å². The minimum Gasteiger partial charge on any atom is -0.466 e. The summed E-state index contributed by atoms with van der Waals surface area (Å²) in [6.45, 7) is 6.16. The van der Waals surface area contributed by atoms with Crippen molar-refractivity contribution < 1.29 is 4.42 Å². The second-order valence-corrected chi connectivity index (χ2v) is 5.46. The van der Waals surface area contributed by atoms with Gasteiger partial charge >= 0.3 is 0 Å². The lowest BCUT2D eigenvalue weighted by atomic mass is 9.90. The summed E-state index contributed by atoms with van der Waals surface area (Å²) in [5, 5.41) is 0. The van der Waals surface area contributed by atoms with Gasteiger partial charge in [0.25, 0.3) is 0 Å². The predicted molar refractivity (Wildman–Crippen MR) is 75.6 cm³/mol. The van der Waals surface area contributed by atoms with E-state index in [0.717, 1.165) is 17.9 Å². The van der Waals surface area contributed by atoms with Crippen molar-refractivity contribution in [1.82, 2.24) is 0 Å². The number of hydrogen-bond donors (Lipinski definition) is 1. The molecule has 0 bridgehead atoms. The Morgan fingerprint density at radius 2 is 1.78 bits per heavy atom. The van der Waals surface area contributed by atoms with Crippen LogP contribution in [-0.4, -0.2) is 0 Å². The molecule has 18 heavy (non-hydrogen) atoms. The second-order valence-electron chi connectivity index (χ2n) is 5.46. The molecule has 0 saturated heterocycles. The minimum absolute atomic E-state index is 0.0283. The largest absolute Gasteiger partial charge is 0.466 e. The Bertz CT molecular complexity index is 442. The summed E-state index contributed by atoms with van der Waals surface area (Å²) in [7, 11) is 0. The molecule has 2 N–H and O–H groups in total. The van der Waals surface area contributed by atoms with E-state index >= 15 is 0 Å². The Balaban J connectivity index is 2.26. The molecule has 1 aliphatic carbocycles. The Labute approximate surface area is 110 Å². The van der Waals surface area contributed by atoms with Crippen molar-refractivity contribution in [1.29, 1.82) is 0 Å². The van der Waals surface area contributed by atoms with Gasteiger partial charge in [0.05, 0.1) is 6.04 Å². The summed E-state index contributed by atoms with van der Waals surface area (Å²) in [5.41, 5.74) is 10.3. The zero-order chi connectivity index (χ0) is 13.1. The van der Waals surface area contributed by atoms with E-state index in [-0.39, 0.29) is 6.04 Å². The average Bonchev–Trinajstić information content (AvgIpc) is 2.52. The van der Waals surface area contributed by atoms with Gasteiger partial charge in [-0.25, -0.2) is 0 Å². The number of allylic oxidation sites excluding steroid dienone is 1. The van der Waals surface area contributed by atoms with Gasteiger partial charge in [-0.1, -0.05) is 24.5 Å². The summed E-state index contributed by atoms with van der Waals surface area (Å²) in [6, 6.07) is 0.0283. The fourth-order valence-corrected chi connectivity index (χ4v) is 2.95. The molecule has 0 aromatic carbocycles. The van der Waals surface area contributed by atoms with Crippen LogP contribution in [0.15, 0.2) is 16.1 Å². The molecule has 1 aromatic rings. The van der Waals surface area contributed by atoms with Crippen LogP contribution < -0.4 is 5.73 Å². The highest BCUT2D eigenvalue weighted by atomic mass is 16.3. The van der Waals surface area contributed by atoms with E-state index in [0.29, 0.717) is 0 Å². The van der Waals surface area contributed by atoms with Crippen LogP contribution >= 0.6 is 0 Å². The van der Waals surface area contributed by atoms with Crippen LogP contribution in [-0.2, 0) is 0 Å². The summed E-state index contributed by atoms with van der Waals surface area (Å²) in [6.07, 6.45) is 9.97. The maximum absolute atomic E-state index is 6.48. The Hall–Kier alpha value is -1.02. The maximum atomic E-state index is 6.48. The van der Waals surface area contributed by atoms with Crippen molar-refractivity contribution in [3.63, 3.8) is 0 Å². The summed E-state index contributed by atoms with van der Waals surface area (Å²) >= 11 is 0. The third-order valence-corrected chi connectivity index (χ3v) is 4.15. The summed E-state index contributed by atoms with van der Waals surface area (Å²) in [5.74, 6) is 1.99. The third-order valence-electron chi connectivity index (χ3n) is 4.15. The minimum atomic E-state index is 0.0283. The van der Waals surface area contributed by atoms with Gasteiger partial charge in [-0.15, -0.1) is 0 Å². The molecule has 0 radical (unpaired) electrons. The fraction of sp³-hybridized carbons (Fsp3) is 0.625. The average molecular weight is 247 g/mol. The lowest BCUT2D eigenvalue weighted by molar-refractivity contribution is 0.497. The number of nitrogens with two attached hydrogens (primary N) is 1. The molecule has 1 atom stereocenters. The van der Waals surface area contributed by atoms with Gasteiger partial charge < -0.3 is 10.2 Å².